The van der Waals surface area contributed by atoms with Gasteiger partial charge in [-0.25, -0.2) is 4.98 Å². The Kier molecular flexibility index (Phi) is 7.12. The topological polar surface area (TPSA) is 70.4 Å². The number of nitrogens with one attached hydrogen (secondary N) is 2. The van der Waals surface area contributed by atoms with Gasteiger partial charge in [0.05, 0.1) is 5.69 Å². The summed E-state index contributed by atoms with van der Waals surface area (Å²) in [6.07, 6.45) is 6.67. The Bertz CT molecular complexity index is 834. The summed E-state index contributed by atoms with van der Waals surface area (Å²) in [5, 5.41) is 11.5. The minimum Gasteiger partial charge on any atom is -0.357 e. The summed E-state index contributed by atoms with van der Waals surface area (Å²) in [6, 6.07) is 4.51. The third-order valence-corrected chi connectivity index (χ3v) is 5.73. The predicted molar refractivity (Wildman–Crippen MR) is 119 cm³/mol. The number of nitrogens with zero attached hydrogens (tertiary/aromatic N) is 5. The number of aromatic nitrogens is 3. The highest BCUT2D eigenvalue weighted by Crippen LogP contribution is 2.18. The van der Waals surface area contributed by atoms with E-state index in [1.54, 1.807) is 0 Å². The van der Waals surface area contributed by atoms with Crippen molar-refractivity contribution in [3.63, 3.8) is 0 Å². The molecule has 0 amide bonds. The Labute approximate surface area is 174 Å². The molecule has 3 heterocycles. The van der Waals surface area contributed by atoms with E-state index in [0.717, 1.165) is 43.5 Å². The first-order valence-electron chi connectivity index (χ1n) is 10.6. The standard InChI is InChI=1S/C22H35N7/c1-16(13-20-17(2)27-28(5)18(20)3)26-22(23-4)25-15-19-9-10-24-21(14-19)29-11-7-6-8-12-29/h9-10,14,16H,6-8,11-13,15H2,1-5H3,(H2,23,25,26). The number of hydrogen-bond acceptors (Lipinski definition) is 4. The molecule has 158 valence electrons. The lowest BCUT2D eigenvalue weighted by molar-refractivity contribution is 0.573. The molecule has 1 unspecified atom stereocenters. The molecule has 1 aliphatic heterocycles. The van der Waals surface area contributed by atoms with Gasteiger partial charge in [0, 0.05) is 51.7 Å². The molecule has 0 bridgehead atoms. The smallest absolute Gasteiger partial charge is 0.191 e. The minimum absolute atomic E-state index is 0.254. The molecule has 0 spiro atoms. The first kappa shape index (κ1) is 21.1. The van der Waals surface area contributed by atoms with Crippen molar-refractivity contribution in [2.75, 3.05) is 25.0 Å². The van der Waals surface area contributed by atoms with Crippen LogP contribution in [0.4, 0.5) is 5.82 Å². The van der Waals surface area contributed by atoms with E-state index in [4.69, 9.17) is 0 Å². The Morgan fingerprint density at radius 1 is 1.24 bits per heavy atom. The SMILES string of the molecule is CN=C(NCc1ccnc(N2CCCCC2)c1)NC(C)Cc1c(C)nn(C)c1C. The van der Waals surface area contributed by atoms with E-state index in [9.17, 15) is 0 Å². The fraction of sp³-hybridized carbons (Fsp3) is 0.591. The molecule has 0 aliphatic carbocycles. The van der Waals surface area contributed by atoms with Gasteiger partial charge in [0.15, 0.2) is 5.96 Å². The maximum Gasteiger partial charge on any atom is 0.191 e. The molecule has 1 fully saturated rings. The number of pyridine rings is 1. The van der Waals surface area contributed by atoms with Crippen LogP contribution in [0, 0.1) is 13.8 Å². The lowest BCUT2D eigenvalue weighted by Crippen LogP contribution is -2.42. The van der Waals surface area contributed by atoms with Crippen LogP contribution in [0.1, 0.15) is 48.7 Å². The zero-order valence-corrected chi connectivity index (χ0v) is 18.5. The van der Waals surface area contributed by atoms with Gasteiger partial charge in [-0.2, -0.15) is 5.10 Å². The van der Waals surface area contributed by atoms with E-state index in [1.807, 2.05) is 25.0 Å². The summed E-state index contributed by atoms with van der Waals surface area (Å²) in [5.74, 6) is 1.90. The summed E-state index contributed by atoms with van der Waals surface area (Å²) < 4.78 is 1.95. The van der Waals surface area contributed by atoms with Gasteiger partial charge in [-0.3, -0.25) is 9.67 Å². The van der Waals surface area contributed by atoms with Crippen molar-refractivity contribution in [1.82, 2.24) is 25.4 Å². The van der Waals surface area contributed by atoms with E-state index in [2.05, 4.69) is 63.5 Å². The monoisotopic (exact) mass is 397 g/mol. The summed E-state index contributed by atoms with van der Waals surface area (Å²) in [7, 11) is 3.81. The molecule has 1 atom stereocenters. The van der Waals surface area contributed by atoms with E-state index >= 15 is 0 Å². The summed E-state index contributed by atoms with van der Waals surface area (Å²) in [6.45, 7) is 9.32. The van der Waals surface area contributed by atoms with E-state index in [0.29, 0.717) is 0 Å². The van der Waals surface area contributed by atoms with Crippen molar-refractivity contribution >= 4 is 11.8 Å². The van der Waals surface area contributed by atoms with Crippen LogP contribution in [0.5, 0.6) is 0 Å². The predicted octanol–water partition coefficient (Wildman–Crippen LogP) is 2.72. The van der Waals surface area contributed by atoms with Gasteiger partial charge in [0.2, 0.25) is 0 Å². The van der Waals surface area contributed by atoms with Crippen LogP contribution in [0.2, 0.25) is 0 Å². The number of aliphatic imine (C=N–C) groups is 1. The van der Waals surface area contributed by atoms with Crippen LogP contribution in [0.3, 0.4) is 0 Å². The molecule has 1 aliphatic rings. The van der Waals surface area contributed by atoms with Crippen LogP contribution in [-0.4, -0.2) is 46.9 Å². The average molecular weight is 398 g/mol. The molecule has 7 nitrogen and oxygen atoms in total. The number of guanidine groups is 1. The van der Waals surface area contributed by atoms with Crippen LogP contribution >= 0.6 is 0 Å². The van der Waals surface area contributed by atoms with Gasteiger partial charge in [0.1, 0.15) is 5.82 Å². The quantitative estimate of drug-likeness (QED) is 0.579. The maximum atomic E-state index is 4.57. The molecule has 2 aromatic rings. The number of rotatable bonds is 6. The molecule has 0 saturated carbocycles. The largest absolute Gasteiger partial charge is 0.357 e. The molecule has 7 heteroatoms. The van der Waals surface area contributed by atoms with Crippen molar-refractivity contribution in [1.29, 1.82) is 0 Å². The van der Waals surface area contributed by atoms with Gasteiger partial charge < -0.3 is 15.5 Å². The van der Waals surface area contributed by atoms with Gasteiger partial charge in [-0.05, 0) is 69.7 Å². The van der Waals surface area contributed by atoms with Crippen molar-refractivity contribution in [2.24, 2.45) is 12.0 Å². The summed E-state index contributed by atoms with van der Waals surface area (Å²) in [4.78, 5) is 11.4. The molecule has 29 heavy (non-hydrogen) atoms. The Morgan fingerprint density at radius 3 is 2.66 bits per heavy atom. The number of hydrogen-bond donors (Lipinski definition) is 2. The first-order valence-corrected chi connectivity index (χ1v) is 10.6. The van der Waals surface area contributed by atoms with E-state index in [-0.39, 0.29) is 6.04 Å². The fourth-order valence-corrected chi connectivity index (χ4v) is 3.95. The van der Waals surface area contributed by atoms with Crippen LogP contribution in [0.15, 0.2) is 23.3 Å². The first-order chi connectivity index (χ1) is 14.0. The number of piperidine rings is 1. The van der Waals surface area contributed by atoms with Gasteiger partial charge in [-0.1, -0.05) is 0 Å². The molecule has 2 aromatic heterocycles. The van der Waals surface area contributed by atoms with Gasteiger partial charge in [0.25, 0.3) is 0 Å². The molecule has 0 aromatic carbocycles. The lowest BCUT2D eigenvalue weighted by Gasteiger charge is -2.28. The Morgan fingerprint density at radius 2 is 2.00 bits per heavy atom. The van der Waals surface area contributed by atoms with Crippen LogP contribution < -0.4 is 15.5 Å². The second-order valence-electron chi connectivity index (χ2n) is 8.02. The van der Waals surface area contributed by atoms with Crippen LogP contribution in [0.25, 0.3) is 0 Å². The van der Waals surface area contributed by atoms with Gasteiger partial charge >= 0.3 is 0 Å². The second-order valence-corrected chi connectivity index (χ2v) is 8.02. The van der Waals surface area contributed by atoms with Crippen molar-refractivity contribution in [2.45, 2.75) is 59.0 Å². The average Bonchev–Trinajstić information content (AvgIpc) is 2.98. The number of aryl methyl sites for hydroxylation is 2. The van der Waals surface area contributed by atoms with Crippen molar-refractivity contribution in [3.8, 4) is 0 Å². The maximum absolute atomic E-state index is 4.57. The van der Waals surface area contributed by atoms with Gasteiger partial charge in [-0.15, -0.1) is 0 Å². The Hall–Kier alpha value is -2.57. The highest BCUT2D eigenvalue weighted by Gasteiger charge is 2.15. The fourth-order valence-electron chi connectivity index (χ4n) is 3.95. The normalized spacial score (nSPS) is 16.0. The van der Waals surface area contributed by atoms with Crippen molar-refractivity contribution < 1.29 is 0 Å². The number of anilines is 1. The zero-order chi connectivity index (χ0) is 20.8. The lowest BCUT2D eigenvalue weighted by atomic mass is 10.1. The third-order valence-electron chi connectivity index (χ3n) is 5.73. The molecular weight excluding hydrogens is 362 g/mol. The highest BCUT2D eigenvalue weighted by atomic mass is 15.3. The molecule has 1 saturated heterocycles. The molecule has 2 N–H and O–H groups in total. The second kappa shape index (κ2) is 9.76. The molecule has 3 rings (SSSR count). The summed E-state index contributed by atoms with van der Waals surface area (Å²) >= 11 is 0. The third kappa shape index (κ3) is 5.49. The van der Waals surface area contributed by atoms with E-state index in [1.165, 1.54) is 36.1 Å². The zero-order valence-electron chi connectivity index (χ0n) is 18.5. The molecular formula is C22H35N7. The minimum atomic E-state index is 0.254. The molecule has 0 radical (unpaired) electrons. The Balaban J connectivity index is 1.55. The van der Waals surface area contributed by atoms with Crippen LogP contribution in [-0.2, 0) is 20.0 Å². The van der Waals surface area contributed by atoms with E-state index < -0.39 is 0 Å². The highest BCUT2D eigenvalue weighted by molar-refractivity contribution is 5.80. The summed E-state index contributed by atoms with van der Waals surface area (Å²) in [5.41, 5.74) is 4.85. The van der Waals surface area contributed by atoms with Crippen molar-refractivity contribution in [3.05, 3.63) is 40.8 Å².